The first-order valence-electron chi connectivity index (χ1n) is 7.88. The Balaban J connectivity index is 1.71. The van der Waals surface area contributed by atoms with Crippen LogP contribution in [0.4, 0.5) is 16.8 Å². The van der Waals surface area contributed by atoms with Crippen LogP contribution in [-0.4, -0.2) is 26.6 Å². The number of aryl methyl sites for hydroxylation is 2. The minimum atomic E-state index is -0.351. The molecule has 1 aromatic carbocycles. The van der Waals surface area contributed by atoms with Crippen LogP contribution in [0.25, 0.3) is 0 Å². The van der Waals surface area contributed by atoms with E-state index in [-0.39, 0.29) is 17.4 Å². The summed E-state index contributed by atoms with van der Waals surface area (Å²) in [6, 6.07) is 8.65. The molecule has 0 aliphatic rings. The van der Waals surface area contributed by atoms with E-state index in [1.807, 2.05) is 19.9 Å². The topological polar surface area (TPSA) is 96.9 Å². The number of hydrogen-bond acceptors (Lipinski definition) is 7. The van der Waals surface area contributed by atoms with Crippen molar-refractivity contribution < 1.29 is 9.59 Å². The first kappa shape index (κ1) is 17.7. The Hall–Kier alpha value is -3.13. The van der Waals surface area contributed by atoms with Crippen LogP contribution in [0.3, 0.4) is 0 Å². The summed E-state index contributed by atoms with van der Waals surface area (Å²) in [4.78, 5) is 36.6. The Kier molecular flexibility index (Phi) is 5.04. The Bertz CT molecular complexity index is 963. The van der Waals surface area contributed by atoms with E-state index in [2.05, 4.69) is 25.6 Å². The third-order valence-corrected chi connectivity index (χ3v) is 4.22. The van der Waals surface area contributed by atoms with E-state index >= 15 is 0 Å². The predicted molar refractivity (Wildman–Crippen MR) is 101 cm³/mol. The smallest absolute Gasteiger partial charge is 0.275 e. The molecule has 0 aliphatic heterocycles. The van der Waals surface area contributed by atoms with Gasteiger partial charge in [0.25, 0.3) is 5.91 Å². The van der Waals surface area contributed by atoms with Crippen LogP contribution in [0, 0.1) is 13.8 Å². The Morgan fingerprint density at radius 1 is 1.04 bits per heavy atom. The second-order valence-electron chi connectivity index (χ2n) is 5.73. The number of hydrogen-bond donors (Lipinski definition) is 2. The number of thiazole rings is 1. The van der Waals surface area contributed by atoms with Crippen molar-refractivity contribution in [2.24, 2.45) is 0 Å². The fraction of sp³-hybridized carbons (Fsp3) is 0.167. The van der Waals surface area contributed by atoms with E-state index in [0.717, 1.165) is 11.4 Å². The van der Waals surface area contributed by atoms with Crippen molar-refractivity contribution in [3.05, 3.63) is 58.4 Å². The van der Waals surface area contributed by atoms with Gasteiger partial charge in [-0.25, -0.2) is 15.0 Å². The summed E-state index contributed by atoms with van der Waals surface area (Å²) in [6.45, 7) is 5.25. The molecule has 0 unspecified atom stereocenters. The number of nitrogens with zero attached hydrogens (tertiary/aromatic N) is 3. The maximum absolute atomic E-state index is 12.4. The van der Waals surface area contributed by atoms with E-state index < -0.39 is 0 Å². The van der Waals surface area contributed by atoms with Gasteiger partial charge < -0.3 is 10.6 Å². The van der Waals surface area contributed by atoms with Crippen LogP contribution >= 0.6 is 11.3 Å². The van der Waals surface area contributed by atoms with Gasteiger partial charge in [0, 0.05) is 28.0 Å². The Morgan fingerprint density at radius 3 is 2.46 bits per heavy atom. The Labute approximate surface area is 154 Å². The monoisotopic (exact) mass is 367 g/mol. The van der Waals surface area contributed by atoms with Crippen molar-refractivity contribution >= 4 is 39.8 Å². The van der Waals surface area contributed by atoms with Crippen molar-refractivity contribution in [2.75, 3.05) is 10.6 Å². The lowest BCUT2D eigenvalue weighted by Gasteiger charge is -2.05. The summed E-state index contributed by atoms with van der Waals surface area (Å²) in [5.74, 6) is 0.0315. The van der Waals surface area contributed by atoms with Gasteiger partial charge in [0.2, 0.25) is 5.95 Å². The molecule has 132 valence electrons. The van der Waals surface area contributed by atoms with Crippen LogP contribution in [0.1, 0.15) is 39.2 Å². The third-order valence-electron chi connectivity index (χ3n) is 3.46. The quantitative estimate of drug-likeness (QED) is 0.667. The van der Waals surface area contributed by atoms with Crippen LogP contribution < -0.4 is 10.6 Å². The fourth-order valence-electron chi connectivity index (χ4n) is 2.32. The van der Waals surface area contributed by atoms with Gasteiger partial charge in [0.15, 0.2) is 10.9 Å². The molecule has 26 heavy (non-hydrogen) atoms. The van der Waals surface area contributed by atoms with Gasteiger partial charge in [-0.15, -0.1) is 11.3 Å². The van der Waals surface area contributed by atoms with Crippen LogP contribution in [0.5, 0.6) is 0 Å². The van der Waals surface area contributed by atoms with Crippen LogP contribution in [-0.2, 0) is 0 Å². The van der Waals surface area contributed by atoms with Gasteiger partial charge >= 0.3 is 0 Å². The summed E-state index contributed by atoms with van der Waals surface area (Å²) >= 11 is 1.29. The number of Topliss-reactive ketones (excluding diaryl/α,β-unsaturated/α-hetero) is 1. The lowest BCUT2D eigenvalue weighted by molar-refractivity contribution is 0.100. The molecular weight excluding hydrogens is 350 g/mol. The molecule has 2 N–H and O–H groups in total. The number of carbonyl (C=O) groups is 2. The van der Waals surface area contributed by atoms with Gasteiger partial charge in [-0.2, -0.15) is 0 Å². The first-order chi connectivity index (χ1) is 12.4. The van der Waals surface area contributed by atoms with E-state index in [0.29, 0.717) is 22.3 Å². The molecule has 7 nitrogen and oxygen atoms in total. The number of aromatic nitrogens is 3. The molecule has 0 bridgehead atoms. The van der Waals surface area contributed by atoms with Crippen molar-refractivity contribution in [1.29, 1.82) is 0 Å². The van der Waals surface area contributed by atoms with Crippen molar-refractivity contribution in [1.82, 2.24) is 15.0 Å². The first-order valence-corrected chi connectivity index (χ1v) is 8.76. The van der Waals surface area contributed by atoms with Crippen molar-refractivity contribution in [2.45, 2.75) is 20.8 Å². The molecule has 1 amide bonds. The highest BCUT2D eigenvalue weighted by atomic mass is 32.1. The largest absolute Gasteiger partial charge is 0.321 e. The summed E-state index contributed by atoms with van der Waals surface area (Å²) in [6.07, 6.45) is 0. The maximum atomic E-state index is 12.4. The van der Waals surface area contributed by atoms with Gasteiger partial charge in [0.1, 0.15) is 5.69 Å². The van der Waals surface area contributed by atoms with E-state index in [9.17, 15) is 9.59 Å². The molecule has 0 radical (unpaired) electrons. The molecule has 0 atom stereocenters. The molecule has 0 saturated carbocycles. The molecule has 2 aromatic heterocycles. The molecular formula is C18H17N5O2S. The fourth-order valence-corrected chi connectivity index (χ4v) is 3.01. The SMILES string of the molecule is CC(=O)c1cccc(NC(=O)c2csc(Nc3nc(C)cc(C)n3)n2)c1. The van der Waals surface area contributed by atoms with Crippen molar-refractivity contribution in [3.63, 3.8) is 0 Å². The maximum Gasteiger partial charge on any atom is 0.275 e. The number of nitrogens with one attached hydrogen (secondary N) is 2. The second kappa shape index (κ2) is 7.40. The highest BCUT2D eigenvalue weighted by molar-refractivity contribution is 7.14. The lowest BCUT2D eigenvalue weighted by Crippen LogP contribution is -2.12. The number of rotatable bonds is 5. The molecule has 0 aliphatic carbocycles. The summed E-state index contributed by atoms with van der Waals surface area (Å²) < 4.78 is 0. The van der Waals surface area contributed by atoms with E-state index in [4.69, 9.17) is 0 Å². The standard InChI is InChI=1S/C18H17N5O2S/c1-10-7-11(2)20-17(19-10)23-18-22-15(9-26-18)16(25)21-14-6-4-5-13(8-14)12(3)24/h4-9H,1-3H3,(H,21,25)(H,19,20,22,23). The molecule has 2 heterocycles. The Morgan fingerprint density at radius 2 is 1.77 bits per heavy atom. The lowest BCUT2D eigenvalue weighted by atomic mass is 10.1. The summed E-state index contributed by atoms with van der Waals surface area (Å²) in [5, 5.41) is 7.93. The molecule has 3 aromatic rings. The predicted octanol–water partition coefficient (Wildman–Crippen LogP) is 3.75. The highest BCUT2D eigenvalue weighted by Crippen LogP contribution is 2.20. The average molecular weight is 367 g/mol. The molecule has 8 heteroatoms. The van der Waals surface area contributed by atoms with E-state index in [1.165, 1.54) is 18.3 Å². The van der Waals surface area contributed by atoms with Gasteiger partial charge in [0.05, 0.1) is 0 Å². The minimum absolute atomic E-state index is 0.0605. The van der Waals surface area contributed by atoms with Crippen LogP contribution in [0.2, 0.25) is 0 Å². The van der Waals surface area contributed by atoms with Crippen LogP contribution in [0.15, 0.2) is 35.7 Å². The number of carbonyl (C=O) groups excluding carboxylic acids is 2. The van der Waals surface area contributed by atoms with Gasteiger partial charge in [-0.3, -0.25) is 9.59 Å². The minimum Gasteiger partial charge on any atom is -0.321 e. The number of anilines is 3. The summed E-state index contributed by atoms with van der Waals surface area (Å²) in [7, 11) is 0. The molecule has 0 fully saturated rings. The number of benzene rings is 1. The third kappa shape index (κ3) is 4.28. The summed E-state index contributed by atoms with van der Waals surface area (Å²) in [5.41, 5.74) is 3.05. The van der Waals surface area contributed by atoms with Gasteiger partial charge in [-0.05, 0) is 39.0 Å². The zero-order valence-electron chi connectivity index (χ0n) is 14.5. The molecule has 0 saturated heterocycles. The number of ketones is 1. The van der Waals surface area contributed by atoms with Gasteiger partial charge in [-0.1, -0.05) is 12.1 Å². The molecule has 0 spiro atoms. The zero-order valence-corrected chi connectivity index (χ0v) is 15.3. The number of amides is 1. The normalized spacial score (nSPS) is 10.4. The average Bonchev–Trinajstić information content (AvgIpc) is 3.02. The molecule has 3 rings (SSSR count). The van der Waals surface area contributed by atoms with Crippen molar-refractivity contribution in [3.8, 4) is 0 Å². The highest BCUT2D eigenvalue weighted by Gasteiger charge is 2.13. The zero-order chi connectivity index (χ0) is 18.7. The second-order valence-corrected chi connectivity index (χ2v) is 6.59. The van der Waals surface area contributed by atoms with E-state index in [1.54, 1.807) is 29.6 Å².